The smallest absolute Gasteiger partial charge is 0.211 e. The number of rotatable bonds is 4. The molecule has 0 radical (unpaired) electrons. The second-order valence-electron chi connectivity index (χ2n) is 3.19. The minimum Gasteiger partial charge on any atom is -0.215 e. The van der Waals surface area contributed by atoms with Crippen molar-refractivity contribution in [2.45, 2.75) is 25.1 Å². The van der Waals surface area contributed by atoms with Gasteiger partial charge in [0, 0.05) is 11.9 Å². The van der Waals surface area contributed by atoms with Gasteiger partial charge in [0.05, 0.1) is 5.75 Å². The van der Waals surface area contributed by atoms with Gasteiger partial charge in [0.1, 0.15) is 0 Å². The minimum absolute atomic E-state index is 0.157. The third-order valence-electron chi connectivity index (χ3n) is 2.15. The van der Waals surface area contributed by atoms with Crippen LogP contribution in [-0.2, 0) is 10.0 Å². The van der Waals surface area contributed by atoms with E-state index in [0.717, 1.165) is 12.8 Å². The molecule has 0 spiro atoms. The first-order chi connectivity index (χ1) is 5.53. The lowest BCUT2D eigenvalue weighted by Crippen LogP contribution is -2.37. The summed E-state index contributed by atoms with van der Waals surface area (Å²) in [5, 5.41) is 0.265. The van der Waals surface area contributed by atoms with Crippen molar-refractivity contribution in [3.05, 3.63) is 0 Å². The highest BCUT2D eigenvalue weighted by Gasteiger charge is 2.27. The third kappa shape index (κ3) is 2.92. The van der Waals surface area contributed by atoms with Crippen LogP contribution in [-0.4, -0.2) is 26.1 Å². The Bertz CT molecular complexity index is 234. The highest BCUT2D eigenvalue weighted by atomic mass is 35.5. The summed E-state index contributed by atoms with van der Waals surface area (Å²) in [5.41, 5.74) is 0. The zero-order chi connectivity index (χ0) is 9.19. The Kier molecular flexibility index (Phi) is 3.37. The predicted molar refractivity (Wildman–Crippen MR) is 49.8 cm³/mol. The Labute approximate surface area is 78.5 Å². The van der Waals surface area contributed by atoms with Gasteiger partial charge in [0.2, 0.25) is 10.0 Å². The van der Waals surface area contributed by atoms with Crippen LogP contribution in [0.5, 0.6) is 0 Å². The lowest BCUT2D eigenvalue weighted by Gasteiger charge is -2.30. The fourth-order valence-electron chi connectivity index (χ4n) is 1.17. The van der Waals surface area contributed by atoms with E-state index in [-0.39, 0.29) is 11.1 Å². The topological polar surface area (TPSA) is 46.2 Å². The number of hydrogen-bond acceptors (Lipinski definition) is 2. The molecule has 0 amide bonds. The molecular formula is C7H14ClNO2S. The van der Waals surface area contributed by atoms with E-state index in [4.69, 9.17) is 11.6 Å². The van der Waals surface area contributed by atoms with Gasteiger partial charge in [-0.2, -0.15) is 0 Å². The molecule has 1 saturated carbocycles. The maximum absolute atomic E-state index is 11.0. The molecule has 0 saturated heterocycles. The second-order valence-corrected chi connectivity index (χ2v) is 5.90. The zero-order valence-electron chi connectivity index (χ0n) is 7.09. The van der Waals surface area contributed by atoms with Crippen molar-refractivity contribution in [2.24, 2.45) is 5.92 Å². The molecular weight excluding hydrogens is 198 g/mol. The van der Waals surface area contributed by atoms with Crippen molar-refractivity contribution < 1.29 is 8.42 Å². The van der Waals surface area contributed by atoms with Crippen molar-refractivity contribution in [1.82, 2.24) is 4.72 Å². The van der Waals surface area contributed by atoms with Crippen LogP contribution >= 0.6 is 11.6 Å². The quantitative estimate of drug-likeness (QED) is 0.704. The van der Waals surface area contributed by atoms with Crippen molar-refractivity contribution in [3.8, 4) is 0 Å². The van der Waals surface area contributed by atoms with Crippen molar-refractivity contribution in [3.63, 3.8) is 0 Å². The second kappa shape index (κ2) is 3.94. The Balaban J connectivity index is 2.18. The fraction of sp³-hybridized carbons (Fsp3) is 1.00. The average Bonchev–Trinajstić information content (AvgIpc) is 1.96. The van der Waals surface area contributed by atoms with E-state index < -0.39 is 10.0 Å². The maximum atomic E-state index is 11.0. The van der Waals surface area contributed by atoms with Crippen molar-refractivity contribution in [1.29, 1.82) is 0 Å². The number of nitrogens with one attached hydrogen (secondary N) is 1. The highest BCUT2D eigenvalue weighted by molar-refractivity contribution is 7.89. The molecule has 0 aliphatic heterocycles. The summed E-state index contributed by atoms with van der Waals surface area (Å²) >= 11 is 5.75. The summed E-state index contributed by atoms with van der Waals surface area (Å²) in [6, 6.07) is 0. The standard InChI is InChI=1S/C7H14ClNO2S/c1-2-12(10,11)9-5-6-3-7(8)4-6/h6-7,9H,2-5H2,1H3. The highest BCUT2D eigenvalue weighted by Crippen LogP contribution is 2.31. The van der Waals surface area contributed by atoms with Gasteiger partial charge in [0.25, 0.3) is 0 Å². The molecule has 0 heterocycles. The van der Waals surface area contributed by atoms with Crippen LogP contribution in [0.4, 0.5) is 0 Å². The number of sulfonamides is 1. The summed E-state index contributed by atoms with van der Waals surface area (Å²) in [4.78, 5) is 0. The Hall–Kier alpha value is 0.200. The van der Waals surface area contributed by atoms with E-state index in [0.29, 0.717) is 12.5 Å². The largest absolute Gasteiger partial charge is 0.215 e. The number of hydrogen-bond donors (Lipinski definition) is 1. The molecule has 0 atom stereocenters. The SMILES string of the molecule is CCS(=O)(=O)NCC1CC(Cl)C1. The first-order valence-corrected chi connectivity index (χ1v) is 6.23. The van der Waals surface area contributed by atoms with E-state index in [1.807, 2.05) is 0 Å². The summed E-state index contributed by atoms with van der Waals surface area (Å²) in [6.07, 6.45) is 1.88. The Morgan fingerprint density at radius 1 is 1.50 bits per heavy atom. The van der Waals surface area contributed by atoms with Crippen molar-refractivity contribution in [2.75, 3.05) is 12.3 Å². The van der Waals surface area contributed by atoms with Crippen molar-refractivity contribution >= 4 is 21.6 Å². The van der Waals surface area contributed by atoms with E-state index in [9.17, 15) is 8.42 Å². The van der Waals surface area contributed by atoms with E-state index in [1.165, 1.54) is 0 Å². The zero-order valence-corrected chi connectivity index (χ0v) is 8.66. The molecule has 12 heavy (non-hydrogen) atoms. The molecule has 3 nitrogen and oxygen atoms in total. The van der Waals surface area contributed by atoms with Gasteiger partial charge in [0.15, 0.2) is 0 Å². The maximum Gasteiger partial charge on any atom is 0.211 e. The normalized spacial score (nSPS) is 29.8. The summed E-state index contributed by atoms with van der Waals surface area (Å²) < 4.78 is 24.5. The van der Waals surface area contributed by atoms with Gasteiger partial charge in [-0.3, -0.25) is 0 Å². The number of halogens is 1. The Morgan fingerprint density at radius 3 is 2.50 bits per heavy atom. The molecule has 1 aliphatic carbocycles. The molecule has 1 rings (SSSR count). The predicted octanol–water partition coefficient (Wildman–Crippen LogP) is 0.943. The molecule has 0 aromatic rings. The van der Waals surface area contributed by atoms with Crippen LogP contribution in [0.15, 0.2) is 0 Å². The monoisotopic (exact) mass is 211 g/mol. The van der Waals surface area contributed by atoms with Crippen LogP contribution < -0.4 is 4.72 Å². The van der Waals surface area contributed by atoms with E-state index in [1.54, 1.807) is 6.92 Å². The van der Waals surface area contributed by atoms with Gasteiger partial charge in [-0.05, 0) is 25.7 Å². The van der Waals surface area contributed by atoms with Crippen LogP contribution in [0.2, 0.25) is 0 Å². The summed E-state index contributed by atoms with van der Waals surface area (Å²) in [7, 11) is -3.00. The lowest BCUT2D eigenvalue weighted by molar-refractivity contribution is 0.324. The molecule has 5 heteroatoms. The van der Waals surface area contributed by atoms with Gasteiger partial charge in [-0.1, -0.05) is 0 Å². The molecule has 1 fully saturated rings. The van der Waals surface area contributed by atoms with Crippen LogP contribution in [0, 0.1) is 5.92 Å². The molecule has 0 aromatic carbocycles. The first-order valence-electron chi connectivity index (χ1n) is 4.15. The summed E-state index contributed by atoms with van der Waals surface area (Å²) in [5.74, 6) is 0.609. The minimum atomic E-state index is -3.00. The number of alkyl halides is 1. The molecule has 0 bridgehead atoms. The van der Waals surface area contributed by atoms with Gasteiger partial charge in [-0.15, -0.1) is 11.6 Å². The Morgan fingerprint density at radius 2 is 2.08 bits per heavy atom. The van der Waals surface area contributed by atoms with Gasteiger partial charge < -0.3 is 0 Å². The molecule has 0 unspecified atom stereocenters. The van der Waals surface area contributed by atoms with E-state index in [2.05, 4.69) is 4.72 Å². The third-order valence-corrected chi connectivity index (χ3v) is 3.87. The average molecular weight is 212 g/mol. The van der Waals surface area contributed by atoms with E-state index >= 15 is 0 Å². The molecule has 1 aliphatic rings. The fourth-order valence-corrected chi connectivity index (χ4v) is 2.37. The van der Waals surface area contributed by atoms with Crippen LogP contribution in [0.3, 0.4) is 0 Å². The molecule has 1 N–H and O–H groups in total. The lowest BCUT2D eigenvalue weighted by atomic mass is 9.85. The first kappa shape index (κ1) is 10.3. The summed E-state index contributed by atoms with van der Waals surface area (Å²) in [6.45, 7) is 2.19. The van der Waals surface area contributed by atoms with Crippen LogP contribution in [0.1, 0.15) is 19.8 Å². The van der Waals surface area contributed by atoms with Crippen LogP contribution in [0.25, 0.3) is 0 Å². The molecule has 72 valence electrons. The molecule has 0 aromatic heterocycles. The van der Waals surface area contributed by atoms with Gasteiger partial charge >= 0.3 is 0 Å². The van der Waals surface area contributed by atoms with Gasteiger partial charge in [-0.25, -0.2) is 13.1 Å².